The van der Waals surface area contributed by atoms with Gasteiger partial charge in [-0.3, -0.25) is 4.72 Å². The molecule has 0 atom stereocenters. The summed E-state index contributed by atoms with van der Waals surface area (Å²) in [5.74, 6) is 0. The van der Waals surface area contributed by atoms with Crippen molar-refractivity contribution in [3.63, 3.8) is 0 Å². The second-order valence-electron chi connectivity index (χ2n) is 4.10. The van der Waals surface area contributed by atoms with Crippen LogP contribution in [0.2, 0.25) is 0 Å². The number of thiazole rings is 1. The van der Waals surface area contributed by atoms with Gasteiger partial charge in [0.05, 0.1) is 10.2 Å². The van der Waals surface area contributed by atoms with Gasteiger partial charge in [0, 0.05) is 6.54 Å². The lowest BCUT2D eigenvalue weighted by molar-refractivity contribution is 0.709. The number of benzene rings is 1. The minimum Gasteiger partial charge on any atom is -0.258 e. The van der Waals surface area contributed by atoms with Gasteiger partial charge >= 0.3 is 0 Å². The fourth-order valence-electron chi connectivity index (χ4n) is 1.67. The first kappa shape index (κ1) is 12.9. The molecule has 0 saturated carbocycles. The number of aromatic nitrogens is 1. The summed E-state index contributed by atoms with van der Waals surface area (Å²) in [7, 11) is 0. The van der Waals surface area contributed by atoms with E-state index in [4.69, 9.17) is 0 Å². The minimum atomic E-state index is 1.06. The van der Waals surface area contributed by atoms with E-state index >= 15 is 0 Å². The Morgan fingerprint density at radius 2 is 2.24 bits per heavy atom. The molecule has 0 saturated heterocycles. The maximum atomic E-state index is 4.65. The second-order valence-corrected chi connectivity index (χ2v) is 6.27. The van der Waals surface area contributed by atoms with Crippen molar-refractivity contribution in [2.75, 3.05) is 6.54 Å². The molecule has 4 heteroatoms. The molecule has 2 rings (SSSR count). The van der Waals surface area contributed by atoms with E-state index in [-0.39, 0.29) is 0 Å². The molecule has 0 aliphatic carbocycles. The fourth-order valence-corrected chi connectivity index (χ4v) is 3.56. The summed E-state index contributed by atoms with van der Waals surface area (Å²) in [4.78, 5) is 4.65. The van der Waals surface area contributed by atoms with Crippen LogP contribution in [0.3, 0.4) is 0 Å². The first-order chi connectivity index (χ1) is 8.31. The second kappa shape index (κ2) is 6.38. The molecule has 0 bridgehead atoms. The van der Waals surface area contributed by atoms with Crippen molar-refractivity contribution in [1.82, 2.24) is 9.71 Å². The Balaban J connectivity index is 1.93. The zero-order valence-electron chi connectivity index (χ0n) is 10.3. The van der Waals surface area contributed by atoms with Crippen molar-refractivity contribution in [3.05, 3.63) is 23.8 Å². The summed E-state index contributed by atoms with van der Waals surface area (Å²) >= 11 is 3.43. The Labute approximate surface area is 111 Å². The topological polar surface area (TPSA) is 24.9 Å². The van der Waals surface area contributed by atoms with E-state index in [0.29, 0.717) is 0 Å². The van der Waals surface area contributed by atoms with Gasteiger partial charge in [0.1, 0.15) is 0 Å². The van der Waals surface area contributed by atoms with E-state index < -0.39 is 0 Å². The van der Waals surface area contributed by atoms with Crippen LogP contribution in [0.25, 0.3) is 10.2 Å². The quantitative estimate of drug-likeness (QED) is 0.620. The fraction of sp³-hybridized carbons (Fsp3) is 0.462. The highest BCUT2D eigenvalue weighted by Gasteiger charge is 2.05. The number of fused-ring (bicyclic) bond motifs is 1. The van der Waals surface area contributed by atoms with Crippen LogP contribution in [0.1, 0.15) is 31.7 Å². The largest absolute Gasteiger partial charge is 0.258 e. The molecule has 92 valence electrons. The third kappa shape index (κ3) is 3.44. The van der Waals surface area contributed by atoms with Crippen molar-refractivity contribution in [2.45, 2.75) is 37.4 Å². The molecule has 1 N–H and O–H groups in total. The molecular weight excluding hydrogens is 248 g/mol. The summed E-state index contributed by atoms with van der Waals surface area (Å²) in [6.45, 7) is 5.40. The molecule has 17 heavy (non-hydrogen) atoms. The van der Waals surface area contributed by atoms with E-state index in [1.165, 1.54) is 29.5 Å². The molecule has 0 amide bonds. The van der Waals surface area contributed by atoms with E-state index in [0.717, 1.165) is 16.4 Å². The van der Waals surface area contributed by atoms with Crippen LogP contribution in [0.5, 0.6) is 0 Å². The molecule has 0 spiro atoms. The normalized spacial score (nSPS) is 11.2. The predicted octanol–water partition coefficient (Wildman–Crippen LogP) is 4.39. The van der Waals surface area contributed by atoms with Gasteiger partial charge in [0.2, 0.25) is 0 Å². The number of rotatable bonds is 6. The maximum absolute atomic E-state index is 4.65. The van der Waals surface area contributed by atoms with Crippen LogP contribution in [0, 0.1) is 6.92 Å². The number of nitrogens with zero attached hydrogens (tertiary/aromatic N) is 1. The van der Waals surface area contributed by atoms with Gasteiger partial charge in [-0.15, -0.1) is 11.3 Å². The zero-order valence-corrected chi connectivity index (χ0v) is 12.0. The lowest BCUT2D eigenvalue weighted by Crippen LogP contribution is -2.04. The first-order valence-electron chi connectivity index (χ1n) is 6.07. The Morgan fingerprint density at radius 3 is 3.00 bits per heavy atom. The number of unbranched alkanes of at least 4 members (excludes halogenated alkanes) is 2. The summed E-state index contributed by atoms with van der Waals surface area (Å²) < 4.78 is 5.78. The molecule has 0 radical (unpaired) electrons. The van der Waals surface area contributed by atoms with Crippen LogP contribution < -0.4 is 4.72 Å². The van der Waals surface area contributed by atoms with Crippen molar-refractivity contribution in [3.8, 4) is 0 Å². The standard InChI is InChI=1S/C13H18N2S2/c1-3-4-5-9-14-17-13-15-12-10(2)7-6-8-11(12)16-13/h6-8,14H,3-5,9H2,1-2H3. The molecule has 0 unspecified atom stereocenters. The molecule has 1 aromatic carbocycles. The summed E-state index contributed by atoms with van der Waals surface area (Å²) in [6, 6.07) is 6.35. The van der Waals surface area contributed by atoms with Crippen molar-refractivity contribution in [2.24, 2.45) is 0 Å². The minimum absolute atomic E-state index is 1.06. The molecule has 0 fully saturated rings. The Morgan fingerprint density at radius 1 is 1.35 bits per heavy atom. The highest BCUT2D eigenvalue weighted by molar-refractivity contribution is 7.99. The molecule has 2 nitrogen and oxygen atoms in total. The summed E-state index contributed by atoms with van der Waals surface area (Å²) in [5, 5.41) is 0. The van der Waals surface area contributed by atoms with Gasteiger partial charge in [0.25, 0.3) is 0 Å². The molecule has 2 aromatic rings. The molecule has 1 aromatic heterocycles. The Hall–Kier alpha value is -0.580. The van der Waals surface area contributed by atoms with Gasteiger partial charge in [-0.2, -0.15) is 0 Å². The van der Waals surface area contributed by atoms with Crippen molar-refractivity contribution < 1.29 is 0 Å². The summed E-state index contributed by atoms with van der Waals surface area (Å²) in [5.41, 5.74) is 2.41. The lowest BCUT2D eigenvalue weighted by atomic mass is 10.2. The third-order valence-electron chi connectivity index (χ3n) is 2.64. The van der Waals surface area contributed by atoms with Crippen LogP contribution in [0.4, 0.5) is 0 Å². The van der Waals surface area contributed by atoms with E-state index in [9.17, 15) is 0 Å². The van der Waals surface area contributed by atoms with Crippen LogP contribution >= 0.6 is 23.3 Å². The first-order valence-corrected chi connectivity index (χ1v) is 7.70. The molecule has 0 aliphatic rings. The zero-order chi connectivity index (χ0) is 12.1. The van der Waals surface area contributed by atoms with Crippen LogP contribution in [-0.2, 0) is 0 Å². The van der Waals surface area contributed by atoms with Crippen LogP contribution in [-0.4, -0.2) is 11.5 Å². The third-order valence-corrected chi connectivity index (χ3v) is 4.57. The van der Waals surface area contributed by atoms with Gasteiger partial charge in [-0.25, -0.2) is 4.98 Å². The highest BCUT2D eigenvalue weighted by Crippen LogP contribution is 2.29. The monoisotopic (exact) mass is 266 g/mol. The number of para-hydroxylation sites is 1. The Bertz CT molecular complexity index is 479. The number of hydrogen-bond donors (Lipinski definition) is 1. The van der Waals surface area contributed by atoms with Crippen molar-refractivity contribution in [1.29, 1.82) is 0 Å². The SMILES string of the molecule is CCCCCNSc1nc2c(C)cccc2s1. The van der Waals surface area contributed by atoms with E-state index in [1.807, 2.05) is 0 Å². The summed E-state index contributed by atoms with van der Waals surface area (Å²) in [6.07, 6.45) is 3.81. The van der Waals surface area contributed by atoms with Gasteiger partial charge < -0.3 is 0 Å². The predicted molar refractivity (Wildman–Crippen MR) is 77.7 cm³/mol. The Kier molecular flexibility index (Phi) is 4.83. The number of nitrogens with one attached hydrogen (secondary N) is 1. The number of aryl methyl sites for hydroxylation is 1. The van der Waals surface area contributed by atoms with Gasteiger partial charge in [-0.1, -0.05) is 31.9 Å². The number of hydrogen-bond acceptors (Lipinski definition) is 4. The molecular formula is C13H18N2S2. The lowest BCUT2D eigenvalue weighted by Gasteiger charge is -1.99. The molecule has 0 aliphatic heterocycles. The van der Waals surface area contributed by atoms with Crippen LogP contribution in [0.15, 0.2) is 22.5 Å². The van der Waals surface area contributed by atoms with E-state index in [2.05, 4.69) is 41.8 Å². The highest BCUT2D eigenvalue weighted by atomic mass is 32.2. The van der Waals surface area contributed by atoms with Gasteiger partial charge in [-0.05, 0) is 36.9 Å². The average molecular weight is 266 g/mol. The maximum Gasteiger partial charge on any atom is 0.166 e. The smallest absolute Gasteiger partial charge is 0.166 e. The van der Waals surface area contributed by atoms with E-state index in [1.54, 1.807) is 23.3 Å². The molecule has 1 heterocycles. The van der Waals surface area contributed by atoms with Gasteiger partial charge in [0.15, 0.2) is 4.34 Å². The average Bonchev–Trinajstić information content (AvgIpc) is 2.73. The van der Waals surface area contributed by atoms with Crippen molar-refractivity contribution >= 4 is 33.5 Å².